The molecule has 0 atom stereocenters. The Kier molecular flexibility index (Phi) is 3.08. The van der Waals surface area contributed by atoms with Gasteiger partial charge in [-0.05, 0) is 18.2 Å². The maximum absolute atomic E-state index is 12.0. The van der Waals surface area contributed by atoms with E-state index in [0.29, 0.717) is 16.3 Å². The average molecular weight is 235 g/mol. The van der Waals surface area contributed by atoms with Gasteiger partial charge in [0.1, 0.15) is 0 Å². The fraction of sp³-hybridized carbons (Fsp3) is 0.0833. The first-order chi connectivity index (χ1) is 7.74. The molecule has 1 aromatic carbocycles. The van der Waals surface area contributed by atoms with Crippen LogP contribution < -0.4 is 11.3 Å². The van der Waals surface area contributed by atoms with Crippen molar-refractivity contribution in [3.63, 3.8) is 0 Å². The van der Waals surface area contributed by atoms with Crippen molar-refractivity contribution in [3.05, 3.63) is 63.5 Å². The fourth-order valence-electron chi connectivity index (χ4n) is 1.53. The standard InChI is InChI=1S/C12H11ClN2O/c13-10-5-1-2-6-11(10)15-7-3-4-9(8-14)12(15)16/h1-7H,8,14H2. The van der Waals surface area contributed by atoms with Gasteiger partial charge in [-0.1, -0.05) is 29.8 Å². The Bertz CT molecular complexity index is 563. The van der Waals surface area contributed by atoms with Crippen LogP contribution in [0, 0.1) is 0 Å². The molecule has 1 heterocycles. The minimum atomic E-state index is -0.127. The van der Waals surface area contributed by atoms with E-state index in [1.807, 2.05) is 12.1 Å². The average Bonchev–Trinajstić information content (AvgIpc) is 2.31. The lowest BCUT2D eigenvalue weighted by Crippen LogP contribution is -2.23. The molecule has 0 saturated carbocycles. The summed E-state index contributed by atoms with van der Waals surface area (Å²) in [6, 6.07) is 10.7. The molecule has 82 valence electrons. The molecule has 2 aromatic rings. The summed E-state index contributed by atoms with van der Waals surface area (Å²) in [6.07, 6.45) is 1.68. The molecule has 4 heteroatoms. The zero-order valence-electron chi connectivity index (χ0n) is 8.56. The second kappa shape index (κ2) is 4.51. The number of hydrogen-bond donors (Lipinski definition) is 1. The minimum absolute atomic E-state index is 0.127. The summed E-state index contributed by atoms with van der Waals surface area (Å²) in [5.41, 5.74) is 6.61. The van der Waals surface area contributed by atoms with Gasteiger partial charge in [-0.2, -0.15) is 0 Å². The summed E-state index contributed by atoms with van der Waals surface area (Å²) in [5.74, 6) is 0. The second-order valence-corrected chi connectivity index (χ2v) is 3.77. The Morgan fingerprint density at radius 3 is 2.62 bits per heavy atom. The number of aromatic nitrogens is 1. The van der Waals surface area contributed by atoms with Crippen LogP contribution in [0.25, 0.3) is 5.69 Å². The molecule has 0 aliphatic heterocycles. The van der Waals surface area contributed by atoms with Gasteiger partial charge in [0.15, 0.2) is 0 Å². The lowest BCUT2D eigenvalue weighted by molar-refractivity contribution is 0.925. The van der Waals surface area contributed by atoms with Crippen LogP contribution in [0.5, 0.6) is 0 Å². The number of pyridine rings is 1. The van der Waals surface area contributed by atoms with Crippen molar-refractivity contribution >= 4 is 11.6 Å². The maximum atomic E-state index is 12.0. The first-order valence-corrected chi connectivity index (χ1v) is 5.27. The molecule has 16 heavy (non-hydrogen) atoms. The van der Waals surface area contributed by atoms with Crippen molar-refractivity contribution in [3.8, 4) is 5.69 Å². The lowest BCUT2D eigenvalue weighted by Gasteiger charge is -2.08. The van der Waals surface area contributed by atoms with E-state index < -0.39 is 0 Å². The molecule has 0 radical (unpaired) electrons. The van der Waals surface area contributed by atoms with Gasteiger partial charge in [0.05, 0.1) is 10.7 Å². The third-order valence-corrected chi connectivity index (χ3v) is 2.68. The largest absolute Gasteiger partial charge is 0.326 e. The summed E-state index contributed by atoms with van der Waals surface area (Å²) < 4.78 is 1.50. The maximum Gasteiger partial charge on any atom is 0.259 e. The Morgan fingerprint density at radius 1 is 1.19 bits per heavy atom. The lowest BCUT2D eigenvalue weighted by atomic mass is 10.2. The Labute approximate surface area is 98.1 Å². The van der Waals surface area contributed by atoms with Crippen LogP contribution in [0.2, 0.25) is 5.02 Å². The van der Waals surface area contributed by atoms with E-state index in [-0.39, 0.29) is 12.1 Å². The smallest absolute Gasteiger partial charge is 0.259 e. The number of benzene rings is 1. The molecular formula is C12H11ClN2O. The minimum Gasteiger partial charge on any atom is -0.326 e. The molecular weight excluding hydrogens is 224 g/mol. The van der Waals surface area contributed by atoms with Crippen LogP contribution in [-0.4, -0.2) is 4.57 Å². The first-order valence-electron chi connectivity index (χ1n) is 4.89. The van der Waals surface area contributed by atoms with Crippen molar-refractivity contribution in [2.24, 2.45) is 5.73 Å². The third kappa shape index (κ3) is 1.87. The van der Waals surface area contributed by atoms with E-state index in [9.17, 15) is 4.79 Å². The van der Waals surface area contributed by atoms with E-state index in [2.05, 4.69) is 0 Å². The van der Waals surface area contributed by atoms with E-state index in [0.717, 1.165) is 0 Å². The molecule has 0 aliphatic rings. The summed E-state index contributed by atoms with van der Waals surface area (Å²) >= 11 is 6.04. The molecule has 1 aromatic heterocycles. The predicted octanol–water partition coefficient (Wildman–Crippen LogP) is 1.95. The van der Waals surface area contributed by atoms with Gasteiger partial charge in [-0.25, -0.2) is 0 Å². The molecule has 0 aliphatic carbocycles. The number of para-hydroxylation sites is 1. The van der Waals surface area contributed by atoms with Crippen molar-refractivity contribution in [2.75, 3.05) is 0 Å². The monoisotopic (exact) mass is 234 g/mol. The van der Waals surface area contributed by atoms with Gasteiger partial charge in [-0.3, -0.25) is 9.36 Å². The normalized spacial score (nSPS) is 10.4. The van der Waals surface area contributed by atoms with Gasteiger partial charge in [-0.15, -0.1) is 0 Å². The molecule has 2 N–H and O–H groups in total. The van der Waals surface area contributed by atoms with Crippen LogP contribution in [0.15, 0.2) is 47.4 Å². The van der Waals surface area contributed by atoms with Crippen molar-refractivity contribution in [2.45, 2.75) is 6.54 Å². The molecule has 0 amide bonds. The van der Waals surface area contributed by atoms with Gasteiger partial charge in [0.2, 0.25) is 0 Å². The van der Waals surface area contributed by atoms with E-state index in [1.54, 1.807) is 30.5 Å². The van der Waals surface area contributed by atoms with Gasteiger partial charge in [0.25, 0.3) is 5.56 Å². The van der Waals surface area contributed by atoms with Gasteiger partial charge in [0, 0.05) is 18.3 Å². The van der Waals surface area contributed by atoms with Crippen molar-refractivity contribution < 1.29 is 0 Å². The highest BCUT2D eigenvalue weighted by Gasteiger charge is 2.05. The molecule has 0 saturated heterocycles. The molecule has 0 unspecified atom stereocenters. The quantitative estimate of drug-likeness (QED) is 0.864. The number of nitrogens with two attached hydrogens (primary N) is 1. The van der Waals surface area contributed by atoms with Crippen LogP contribution in [0.1, 0.15) is 5.56 Å². The van der Waals surface area contributed by atoms with Gasteiger partial charge >= 0.3 is 0 Å². The summed E-state index contributed by atoms with van der Waals surface area (Å²) in [4.78, 5) is 12.0. The number of nitrogens with zero attached hydrogens (tertiary/aromatic N) is 1. The topological polar surface area (TPSA) is 48.0 Å². The summed E-state index contributed by atoms with van der Waals surface area (Å²) in [6.45, 7) is 0.226. The third-order valence-electron chi connectivity index (χ3n) is 2.36. The highest BCUT2D eigenvalue weighted by Crippen LogP contribution is 2.17. The first kappa shape index (κ1) is 10.9. The summed E-state index contributed by atoms with van der Waals surface area (Å²) in [5, 5.41) is 0.541. The second-order valence-electron chi connectivity index (χ2n) is 3.36. The zero-order valence-corrected chi connectivity index (χ0v) is 9.32. The number of halogens is 1. The van der Waals surface area contributed by atoms with Crippen LogP contribution >= 0.6 is 11.6 Å². The molecule has 3 nitrogen and oxygen atoms in total. The molecule has 0 bridgehead atoms. The fourth-order valence-corrected chi connectivity index (χ4v) is 1.76. The van der Waals surface area contributed by atoms with Crippen LogP contribution in [0.4, 0.5) is 0 Å². The molecule has 0 fully saturated rings. The van der Waals surface area contributed by atoms with E-state index in [4.69, 9.17) is 17.3 Å². The Balaban J connectivity index is 2.66. The highest BCUT2D eigenvalue weighted by molar-refractivity contribution is 6.32. The Morgan fingerprint density at radius 2 is 1.94 bits per heavy atom. The van der Waals surface area contributed by atoms with Crippen molar-refractivity contribution in [1.29, 1.82) is 0 Å². The molecule has 0 spiro atoms. The van der Waals surface area contributed by atoms with Gasteiger partial charge < -0.3 is 5.73 Å². The zero-order chi connectivity index (χ0) is 11.5. The van der Waals surface area contributed by atoms with E-state index >= 15 is 0 Å². The van der Waals surface area contributed by atoms with Crippen LogP contribution in [-0.2, 0) is 6.54 Å². The van der Waals surface area contributed by atoms with Crippen molar-refractivity contribution in [1.82, 2.24) is 4.57 Å². The Hall–Kier alpha value is -1.58. The van der Waals surface area contributed by atoms with E-state index in [1.165, 1.54) is 4.57 Å². The number of rotatable bonds is 2. The SMILES string of the molecule is NCc1cccn(-c2ccccc2Cl)c1=O. The number of hydrogen-bond acceptors (Lipinski definition) is 2. The molecule has 2 rings (SSSR count). The summed E-state index contributed by atoms with van der Waals surface area (Å²) in [7, 11) is 0. The van der Waals surface area contributed by atoms with Crippen LogP contribution in [0.3, 0.4) is 0 Å². The highest BCUT2D eigenvalue weighted by atomic mass is 35.5. The predicted molar refractivity (Wildman–Crippen MR) is 64.9 cm³/mol.